The van der Waals surface area contributed by atoms with Crippen molar-refractivity contribution >= 4 is 24.1 Å². The lowest BCUT2D eigenvalue weighted by atomic mass is 9.87. The van der Waals surface area contributed by atoms with Crippen molar-refractivity contribution in [3.8, 4) is 22.8 Å². The number of carbonyl (C=O) groups excluding carboxylic acids is 1. The Morgan fingerprint density at radius 3 is 2.84 bits per heavy atom. The average Bonchev–Trinajstić information content (AvgIpc) is 3.56. The predicted molar refractivity (Wildman–Crippen MR) is 124 cm³/mol. The number of halogens is 1. The highest BCUT2D eigenvalue weighted by molar-refractivity contribution is 5.85. The molecule has 1 atom stereocenters. The average molecular weight is 447 g/mol. The van der Waals surface area contributed by atoms with Crippen molar-refractivity contribution in [3.63, 3.8) is 0 Å². The van der Waals surface area contributed by atoms with Crippen LogP contribution in [0.25, 0.3) is 11.3 Å². The van der Waals surface area contributed by atoms with Crippen LogP contribution in [0.2, 0.25) is 0 Å². The minimum Gasteiger partial charge on any atom is -0.507 e. The van der Waals surface area contributed by atoms with Gasteiger partial charge in [-0.1, -0.05) is 6.07 Å². The second-order valence-electron chi connectivity index (χ2n) is 8.32. The molecule has 8 heteroatoms. The summed E-state index contributed by atoms with van der Waals surface area (Å²) in [6, 6.07) is 7.29. The second-order valence-corrected chi connectivity index (χ2v) is 8.32. The lowest BCUT2D eigenvalue weighted by Crippen LogP contribution is -2.30. The van der Waals surface area contributed by atoms with Gasteiger partial charge in [0.2, 0.25) is 5.91 Å². The summed E-state index contributed by atoms with van der Waals surface area (Å²) < 4.78 is 6.02. The van der Waals surface area contributed by atoms with Gasteiger partial charge in [-0.25, -0.2) is 4.98 Å². The van der Waals surface area contributed by atoms with E-state index in [-0.39, 0.29) is 30.0 Å². The third-order valence-electron chi connectivity index (χ3n) is 5.87. The first-order valence-electron chi connectivity index (χ1n) is 10.7. The van der Waals surface area contributed by atoms with Crippen molar-refractivity contribution in [1.82, 2.24) is 15.6 Å². The maximum absolute atomic E-state index is 11.5. The fraction of sp³-hybridized carbons (Fsp3) is 0.478. The zero-order valence-electron chi connectivity index (χ0n) is 17.8. The fourth-order valence-electron chi connectivity index (χ4n) is 4.02. The van der Waals surface area contributed by atoms with Crippen LogP contribution >= 0.6 is 12.4 Å². The van der Waals surface area contributed by atoms with Crippen LogP contribution in [0, 0.1) is 5.92 Å². The zero-order chi connectivity index (χ0) is 21.1. The number of benzene rings is 1. The van der Waals surface area contributed by atoms with Gasteiger partial charge in [0.15, 0.2) is 0 Å². The number of nitrogens with zero attached hydrogens (tertiary/aromatic N) is 1. The maximum atomic E-state index is 11.5. The highest BCUT2D eigenvalue weighted by atomic mass is 35.5. The summed E-state index contributed by atoms with van der Waals surface area (Å²) in [4.78, 5) is 16.1. The monoisotopic (exact) mass is 446 g/mol. The number of aromatic hydroxyl groups is 1. The molecule has 2 aromatic rings. The van der Waals surface area contributed by atoms with Crippen LogP contribution in [0.3, 0.4) is 0 Å². The number of aromatic nitrogens is 1. The van der Waals surface area contributed by atoms with Gasteiger partial charge < -0.3 is 26.2 Å². The van der Waals surface area contributed by atoms with E-state index < -0.39 is 0 Å². The smallest absolute Gasteiger partial charge is 0.217 e. The molecule has 1 aliphatic heterocycles. The molecule has 2 aliphatic rings. The Bertz CT molecular complexity index is 927. The fourth-order valence-corrected chi connectivity index (χ4v) is 4.02. The number of phenols is 1. The summed E-state index contributed by atoms with van der Waals surface area (Å²) in [6.07, 6.45) is 4.49. The first kappa shape index (κ1) is 23.2. The van der Waals surface area contributed by atoms with Crippen molar-refractivity contribution in [2.24, 2.45) is 5.92 Å². The molecule has 0 spiro atoms. The van der Waals surface area contributed by atoms with E-state index in [9.17, 15) is 9.90 Å². The number of carbonyl (C=O) groups is 1. The number of ether oxygens (including phenoxy) is 1. The normalized spacial score (nSPS) is 18.2. The summed E-state index contributed by atoms with van der Waals surface area (Å²) in [6.45, 7) is 4.33. The van der Waals surface area contributed by atoms with Gasteiger partial charge in [-0.2, -0.15) is 0 Å². The third-order valence-corrected chi connectivity index (χ3v) is 5.87. The molecular weight excluding hydrogens is 416 g/mol. The largest absolute Gasteiger partial charge is 0.507 e. The topological polar surface area (TPSA) is 110 Å². The molecule has 168 valence electrons. The molecule has 1 aromatic carbocycles. The van der Waals surface area contributed by atoms with Gasteiger partial charge in [-0.05, 0) is 67.8 Å². The first-order chi connectivity index (χ1) is 14.5. The Labute approximate surface area is 189 Å². The number of hydrogen-bond acceptors (Lipinski definition) is 6. The minimum absolute atomic E-state index is 0. The molecule has 1 saturated carbocycles. The standard InChI is InChI=1S/C23H30N4O3.ClH/c1-14(28)26-12-18-17(16-4-3-9-25-11-16)10-19(27-23(18)24)22-20(29)5-2-6-21(22)30-13-15-7-8-15;/h2,5-6,10,15-16,25,29H,3-4,7-9,11-13H2,1H3,(H2,24,27)(H,26,28);1H. The summed E-state index contributed by atoms with van der Waals surface area (Å²) in [5.74, 6) is 1.88. The van der Waals surface area contributed by atoms with Gasteiger partial charge in [-0.3, -0.25) is 4.79 Å². The molecule has 5 N–H and O–H groups in total. The Morgan fingerprint density at radius 1 is 1.35 bits per heavy atom. The summed E-state index contributed by atoms with van der Waals surface area (Å²) >= 11 is 0. The quantitative estimate of drug-likeness (QED) is 0.519. The first-order valence-corrected chi connectivity index (χ1v) is 10.7. The van der Waals surface area contributed by atoms with Crippen LogP contribution in [0.15, 0.2) is 24.3 Å². The number of pyridine rings is 1. The van der Waals surface area contributed by atoms with Crippen molar-refractivity contribution in [2.45, 2.75) is 45.1 Å². The number of nitrogens with one attached hydrogen (secondary N) is 2. The lowest BCUT2D eigenvalue weighted by Gasteiger charge is -2.27. The number of nitrogens with two attached hydrogens (primary N) is 1. The van der Waals surface area contributed by atoms with Gasteiger partial charge in [0, 0.05) is 25.6 Å². The maximum Gasteiger partial charge on any atom is 0.217 e. The molecule has 2 heterocycles. The van der Waals surface area contributed by atoms with E-state index in [0.29, 0.717) is 41.9 Å². The Hall–Kier alpha value is -2.51. The summed E-state index contributed by atoms with van der Waals surface area (Å²) in [7, 11) is 0. The molecule has 0 bridgehead atoms. The highest BCUT2D eigenvalue weighted by Gasteiger charge is 2.25. The molecule has 1 aliphatic carbocycles. The van der Waals surface area contributed by atoms with Crippen LogP contribution < -0.4 is 21.1 Å². The number of piperidine rings is 1. The Kier molecular flexibility index (Phi) is 7.62. The lowest BCUT2D eigenvalue weighted by molar-refractivity contribution is -0.119. The Balaban J connectivity index is 0.00000272. The molecule has 31 heavy (non-hydrogen) atoms. The number of rotatable bonds is 7. The second kappa shape index (κ2) is 10.2. The van der Waals surface area contributed by atoms with Gasteiger partial charge in [0.25, 0.3) is 0 Å². The minimum atomic E-state index is -0.109. The van der Waals surface area contributed by atoms with E-state index >= 15 is 0 Å². The van der Waals surface area contributed by atoms with Crippen molar-refractivity contribution < 1.29 is 14.6 Å². The SMILES string of the molecule is CC(=O)NCc1c(C2CCCNC2)cc(-c2c(O)cccc2OCC2CC2)nc1N.Cl. The van der Waals surface area contributed by atoms with Gasteiger partial charge in [0.1, 0.15) is 17.3 Å². The van der Waals surface area contributed by atoms with Crippen LogP contribution in [0.5, 0.6) is 11.5 Å². The van der Waals surface area contributed by atoms with E-state index in [2.05, 4.69) is 15.6 Å². The van der Waals surface area contributed by atoms with E-state index in [1.54, 1.807) is 12.1 Å². The number of amides is 1. The molecular formula is C23H31ClN4O3. The molecule has 1 amide bonds. The van der Waals surface area contributed by atoms with E-state index in [1.165, 1.54) is 19.8 Å². The summed E-state index contributed by atoms with van der Waals surface area (Å²) in [5, 5.41) is 16.9. The van der Waals surface area contributed by atoms with Gasteiger partial charge in [0.05, 0.1) is 17.9 Å². The number of nitrogen functional groups attached to an aromatic ring is 1. The van der Waals surface area contributed by atoms with Crippen LogP contribution in [-0.2, 0) is 11.3 Å². The van der Waals surface area contributed by atoms with Crippen LogP contribution in [-0.4, -0.2) is 35.7 Å². The molecule has 4 rings (SSSR count). The van der Waals surface area contributed by atoms with Gasteiger partial charge >= 0.3 is 0 Å². The van der Waals surface area contributed by atoms with E-state index in [1.807, 2.05) is 12.1 Å². The van der Waals surface area contributed by atoms with Crippen molar-refractivity contribution in [2.75, 3.05) is 25.4 Å². The number of anilines is 1. The number of hydrogen-bond donors (Lipinski definition) is 4. The zero-order valence-corrected chi connectivity index (χ0v) is 18.6. The van der Waals surface area contributed by atoms with Gasteiger partial charge in [-0.15, -0.1) is 12.4 Å². The third kappa shape index (κ3) is 5.60. The number of phenolic OH excluding ortho intramolecular Hbond substituents is 1. The summed E-state index contributed by atoms with van der Waals surface area (Å²) in [5.41, 5.74) is 9.46. The molecule has 1 saturated heterocycles. The molecule has 1 aromatic heterocycles. The van der Waals surface area contributed by atoms with Crippen molar-refractivity contribution in [3.05, 3.63) is 35.4 Å². The van der Waals surface area contributed by atoms with Crippen molar-refractivity contribution in [1.29, 1.82) is 0 Å². The van der Waals surface area contributed by atoms with E-state index in [4.69, 9.17) is 10.5 Å². The van der Waals surface area contributed by atoms with E-state index in [0.717, 1.165) is 37.1 Å². The highest BCUT2D eigenvalue weighted by Crippen LogP contribution is 2.41. The Morgan fingerprint density at radius 2 is 2.16 bits per heavy atom. The van der Waals surface area contributed by atoms with Crippen LogP contribution in [0.1, 0.15) is 49.7 Å². The van der Waals surface area contributed by atoms with Crippen LogP contribution in [0.4, 0.5) is 5.82 Å². The molecule has 0 radical (unpaired) electrons. The molecule has 7 nitrogen and oxygen atoms in total. The molecule has 2 fully saturated rings. The predicted octanol–water partition coefficient (Wildman–Crippen LogP) is 3.35. The molecule has 1 unspecified atom stereocenters.